The fourth-order valence-corrected chi connectivity index (χ4v) is 9.41. The van der Waals surface area contributed by atoms with Gasteiger partial charge in [0.2, 0.25) is 0 Å². The SMILES string of the molecule is CCC[CH2][In]1[CH]=CC[CH2]1. The first-order valence-electron chi connectivity index (χ1n) is 4.10. The first-order chi connectivity index (χ1) is 4.43. The molecule has 0 unspecified atom stereocenters. The molecule has 0 aromatic rings. The quantitative estimate of drug-likeness (QED) is 0.694. The third-order valence-corrected chi connectivity index (χ3v) is 10.7. The van der Waals surface area contributed by atoms with Gasteiger partial charge in [-0.25, -0.2) is 0 Å². The Labute approximate surface area is 65.9 Å². The Morgan fingerprint density at radius 1 is 1.56 bits per heavy atom. The first kappa shape index (κ1) is 7.71. The molecule has 0 N–H and O–H groups in total. The van der Waals surface area contributed by atoms with Crippen LogP contribution in [0.25, 0.3) is 0 Å². The minimum atomic E-state index is -0.901. The van der Waals surface area contributed by atoms with Crippen molar-refractivity contribution in [2.24, 2.45) is 0 Å². The van der Waals surface area contributed by atoms with Gasteiger partial charge in [-0.3, -0.25) is 0 Å². The summed E-state index contributed by atoms with van der Waals surface area (Å²) in [6, 6.07) is 0. The summed E-state index contributed by atoms with van der Waals surface area (Å²) in [5.41, 5.74) is 0. The Hall–Kier alpha value is 0.610. The Morgan fingerprint density at radius 3 is 3.00 bits per heavy atom. The van der Waals surface area contributed by atoms with Crippen molar-refractivity contribution in [3.05, 3.63) is 9.91 Å². The fraction of sp³-hybridized carbons (Fsp3) is 0.750. The predicted molar refractivity (Wildman–Crippen MR) is 44.0 cm³/mol. The van der Waals surface area contributed by atoms with Crippen LogP contribution in [0.4, 0.5) is 0 Å². The van der Waals surface area contributed by atoms with Gasteiger partial charge in [-0.2, -0.15) is 0 Å². The summed E-state index contributed by atoms with van der Waals surface area (Å²) < 4.78 is 5.85. The van der Waals surface area contributed by atoms with Gasteiger partial charge < -0.3 is 0 Å². The van der Waals surface area contributed by atoms with E-state index >= 15 is 0 Å². The van der Waals surface area contributed by atoms with Gasteiger partial charge in [-0.05, 0) is 0 Å². The van der Waals surface area contributed by atoms with E-state index in [-0.39, 0.29) is 0 Å². The molecule has 0 amide bonds. The van der Waals surface area contributed by atoms with E-state index in [1.807, 2.05) is 0 Å². The molecule has 50 valence electrons. The number of allylic oxidation sites excluding steroid dienone is 1. The molecular weight excluding hydrogens is 211 g/mol. The summed E-state index contributed by atoms with van der Waals surface area (Å²) in [6.07, 6.45) is 6.74. The maximum atomic E-state index is 2.59. The molecular formula is C8H15In. The standard InChI is InChI=1S/C4H9.C4H6.In/c2*1-3-4-2;/h1,3-4H2,2H3;1,3H,2,4H2;. The summed E-state index contributed by atoms with van der Waals surface area (Å²) >= 11 is -0.901. The molecule has 0 aromatic heterocycles. The average Bonchev–Trinajstić information content (AvgIpc) is 2.34. The topological polar surface area (TPSA) is 0 Å². The van der Waals surface area contributed by atoms with Crippen molar-refractivity contribution < 1.29 is 0 Å². The summed E-state index contributed by atoms with van der Waals surface area (Å²) in [5, 5.41) is 0. The van der Waals surface area contributed by atoms with Crippen LogP contribution in [0.2, 0.25) is 8.35 Å². The molecule has 1 rings (SSSR count). The van der Waals surface area contributed by atoms with Crippen LogP contribution in [0.3, 0.4) is 0 Å². The van der Waals surface area contributed by atoms with Crippen LogP contribution in [0.15, 0.2) is 9.91 Å². The molecule has 0 bridgehead atoms. The van der Waals surface area contributed by atoms with Crippen molar-refractivity contribution in [2.45, 2.75) is 34.5 Å². The van der Waals surface area contributed by atoms with Crippen molar-refractivity contribution in [3.8, 4) is 0 Å². The summed E-state index contributed by atoms with van der Waals surface area (Å²) in [4.78, 5) is 0. The van der Waals surface area contributed by atoms with Gasteiger partial charge in [-0.15, -0.1) is 0 Å². The molecule has 9 heavy (non-hydrogen) atoms. The van der Waals surface area contributed by atoms with Gasteiger partial charge in [0.15, 0.2) is 0 Å². The van der Waals surface area contributed by atoms with Gasteiger partial charge in [0.1, 0.15) is 0 Å². The zero-order valence-corrected chi connectivity index (χ0v) is 9.56. The van der Waals surface area contributed by atoms with E-state index < -0.39 is 21.4 Å². The number of hydrogen-bond acceptors (Lipinski definition) is 0. The second-order valence-electron chi connectivity index (χ2n) is 2.91. The molecule has 1 aliphatic rings. The summed E-state index contributed by atoms with van der Waals surface area (Å²) in [6.45, 7) is 2.30. The number of unbranched alkanes of at least 4 members (excludes halogenated alkanes) is 1. The van der Waals surface area contributed by atoms with E-state index in [9.17, 15) is 0 Å². The molecule has 0 aliphatic carbocycles. The third kappa shape index (κ3) is 2.79. The van der Waals surface area contributed by atoms with E-state index in [4.69, 9.17) is 0 Å². The molecule has 0 fully saturated rings. The second-order valence-corrected chi connectivity index (χ2v) is 11.6. The van der Waals surface area contributed by atoms with Crippen LogP contribution < -0.4 is 0 Å². The molecule has 0 saturated carbocycles. The maximum absolute atomic E-state index is 2.59. The van der Waals surface area contributed by atoms with E-state index in [0.29, 0.717) is 0 Å². The van der Waals surface area contributed by atoms with Crippen molar-refractivity contribution in [1.82, 2.24) is 0 Å². The zero-order valence-electron chi connectivity index (χ0n) is 6.27. The Morgan fingerprint density at radius 2 is 2.44 bits per heavy atom. The third-order valence-electron chi connectivity index (χ3n) is 2.04. The Kier molecular flexibility index (Phi) is 3.80. The van der Waals surface area contributed by atoms with Crippen molar-refractivity contribution >= 4 is 21.4 Å². The average molecular weight is 226 g/mol. The molecule has 0 aromatic carbocycles. The van der Waals surface area contributed by atoms with Crippen LogP contribution in [0, 0.1) is 0 Å². The van der Waals surface area contributed by atoms with Crippen molar-refractivity contribution in [3.63, 3.8) is 0 Å². The van der Waals surface area contributed by atoms with Crippen LogP contribution >= 0.6 is 0 Å². The summed E-state index contributed by atoms with van der Waals surface area (Å²) in [5.74, 6) is 0. The van der Waals surface area contributed by atoms with E-state index in [1.54, 1.807) is 8.35 Å². The minimum absolute atomic E-state index is 0.901. The number of rotatable bonds is 3. The molecule has 1 aliphatic heterocycles. The molecule has 1 heteroatoms. The van der Waals surface area contributed by atoms with Gasteiger partial charge >= 0.3 is 65.9 Å². The van der Waals surface area contributed by atoms with Gasteiger partial charge in [0.25, 0.3) is 0 Å². The normalized spacial score (nSPS) is 17.2. The Balaban J connectivity index is 2.05. The Bertz CT molecular complexity index is 96.7. The van der Waals surface area contributed by atoms with Gasteiger partial charge in [0.05, 0.1) is 0 Å². The van der Waals surface area contributed by atoms with Crippen molar-refractivity contribution in [1.29, 1.82) is 0 Å². The van der Waals surface area contributed by atoms with Crippen molar-refractivity contribution in [2.75, 3.05) is 0 Å². The van der Waals surface area contributed by atoms with E-state index in [2.05, 4.69) is 16.8 Å². The number of hydrogen-bond donors (Lipinski definition) is 0. The predicted octanol–water partition coefficient (Wildman–Crippen LogP) is 2.78. The van der Waals surface area contributed by atoms with E-state index in [0.717, 1.165) is 0 Å². The molecule has 0 radical (unpaired) electrons. The second kappa shape index (κ2) is 4.43. The molecule has 0 spiro atoms. The van der Waals surface area contributed by atoms with Gasteiger partial charge in [0, 0.05) is 0 Å². The van der Waals surface area contributed by atoms with Crippen LogP contribution in [-0.4, -0.2) is 21.4 Å². The zero-order chi connectivity index (χ0) is 6.53. The van der Waals surface area contributed by atoms with Crippen LogP contribution in [0.1, 0.15) is 26.2 Å². The molecule has 0 nitrogen and oxygen atoms in total. The summed E-state index contributed by atoms with van der Waals surface area (Å²) in [7, 11) is 0. The van der Waals surface area contributed by atoms with Crippen LogP contribution in [-0.2, 0) is 0 Å². The fourth-order valence-electron chi connectivity index (χ4n) is 1.40. The van der Waals surface area contributed by atoms with Crippen LogP contribution in [0.5, 0.6) is 0 Å². The molecule has 1 heterocycles. The first-order valence-corrected chi connectivity index (χ1v) is 10.7. The van der Waals surface area contributed by atoms with Gasteiger partial charge in [-0.1, -0.05) is 0 Å². The monoisotopic (exact) mass is 226 g/mol. The molecule has 0 saturated heterocycles. The molecule has 0 atom stereocenters. The van der Waals surface area contributed by atoms with E-state index in [1.165, 1.54) is 19.3 Å².